The number of phenolic OH excluding ortho intramolecular Hbond substituents is 1. The first-order valence-electron chi connectivity index (χ1n) is 11.2. The third-order valence-corrected chi connectivity index (χ3v) is 6.66. The third-order valence-electron chi connectivity index (χ3n) is 6.66. The van der Waals surface area contributed by atoms with Gasteiger partial charge in [0.25, 0.3) is 0 Å². The molecule has 37 heavy (non-hydrogen) atoms. The lowest BCUT2D eigenvalue weighted by molar-refractivity contribution is -0.271. The van der Waals surface area contributed by atoms with Gasteiger partial charge in [0, 0.05) is 22.1 Å². The molecule has 11 heteroatoms. The van der Waals surface area contributed by atoms with E-state index in [1.807, 2.05) is 0 Å². The Kier molecular flexibility index (Phi) is 5.88. The molecule has 5 atom stereocenters. The van der Waals surface area contributed by atoms with Gasteiger partial charge >= 0.3 is 5.97 Å². The minimum absolute atomic E-state index is 0.00517. The highest BCUT2D eigenvalue weighted by Gasteiger charge is 2.48. The molecule has 11 nitrogen and oxygen atoms in total. The van der Waals surface area contributed by atoms with Crippen molar-refractivity contribution in [2.75, 3.05) is 7.11 Å². The zero-order valence-corrected chi connectivity index (χ0v) is 19.5. The van der Waals surface area contributed by atoms with Gasteiger partial charge in [0.1, 0.15) is 24.1 Å². The van der Waals surface area contributed by atoms with Gasteiger partial charge < -0.3 is 39.7 Å². The topological polar surface area (TPSA) is 180 Å². The number of fused-ring (bicyclic) bond motifs is 4. The van der Waals surface area contributed by atoms with Crippen molar-refractivity contribution in [3.8, 4) is 17.2 Å². The average molecular weight is 510 g/mol. The maximum absolute atomic E-state index is 13.6. The van der Waals surface area contributed by atoms with Crippen molar-refractivity contribution < 1.29 is 54.1 Å². The number of carboxylic acid groups (broad SMARTS) is 1. The normalized spacial score (nSPS) is 24.9. The highest BCUT2D eigenvalue weighted by Crippen LogP contribution is 2.45. The minimum Gasteiger partial charge on any atom is -0.504 e. The zero-order chi connectivity index (χ0) is 26.8. The van der Waals surface area contributed by atoms with E-state index in [9.17, 15) is 39.9 Å². The second-order valence-electron chi connectivity index (χ2n) is 8.85. The number of aliphatic hydroxyl groups excluding tert-OH is 3. The van der Waals surface area contributed by atoms with Gasteiger partial charge in [-0.2, -0.15) is 0 Å². The van der Waals surface area contributed by atoms with E-state index in [-0.39, 0.29) is 39.1 Å². The van der Waals surface area contributed by atoms with Crippen LogP contribution in [0.3, 0.4) is 0 Å². The fraction of sp³-hybridized carbons (Fsp3) is 0.269. The molecule has 0 radical (unpaired) electrons. The van der Waals surface area contributed by atoms with Gasteiger partial charge in [-0.3, -0.25) is 9.59 Å². The van der Waals surface area contributed by atoms with Crippen LogP contribution in [0.25, 0.3) is 10.8 Å². The Hall–Kier alpha value is -4.03. The molecule has 5 rings (SSSR count). The van der Waals surface area contributed by atoms with Gasteiger partial charge in [-0.25, -0.2) is 4.79 Å². The number of rotatable bonds is 4. The van der Waals surface area contributed by atoms with Crippen LogP contribution >= 0.6 is 0 Å². The van der Waals surface area contributed by atoms with E-state index in [1.165, 1.54) is 19.2 Å². The number of ether oxygens (including phenoxy) is 3. The molecule has 0 spiro atoms. The van der Waals surface area contributed by atoms with Crippen LogP contribution in [0.2, 0.25) is 0 Å². The standard InChI is InChI=1S/C26H22O11/c1-9-8-10-6-7-12-16(18(28)11-4-3-5-13(35-2)15(11)17(12)27)14(10)19(29)23(9)36-26-22(32)20(30)21(31)24(37-26)25(33)34/h3-8,20-22,24,26,29-32H,1-2H3,(H,33,34)/t20-,21-,22+,24-,26+/m0/s1. The molecule has 0 amide bonds. The predicted molar refractivity (Wildman–Crippen MR) is 125 cm³/mol. The Bertz CT molecular complexity index is 1480. The fourth-order valence-corrected chi connectivity index (χ4v) is 4.83. The van der Waals surface area contributed by atoms with Crippen molar-refractivity contribution in [1.82, 2.24) is 0 Å². The van der Waals surface area contributed by atoms with Crippen molar-refractivity contribution in [3.63, 3.8) is 0 Å². The first-order chi connectivity index (χ1) is 17.6. The third kappa shape index (κ3) is 3.63. The number of hydrogen-bond acceptors (Lipinski definition) is 10. The Morgan fingerprint density at radius 1 is 0.946 bits per heavy atom. The molecule has 0 aromatic heterocycles. The van der Waals surface area contributed by atoms with Crippen LogP contribution < -0.4 is 9.47 Å². The summed E-state index contributed by atoms with van der Waals surface area (Å²) in [4.78, 5) is 38.4. The largest absolute Gasteiger partial charge is 0.504 e. The number of phenols is 1. The quantitative estimate of drug-likeness (QED) is 0.263. The SMILES string of the molecule is COc1cccc2c1C(=O)c1ccc3cc(C)c(O[C@@H]4O[C@H](C(=O)O)[C@@H](O)[C@H](O)[C@H]4O)c(O)c3c1C2=O. The van der Waals surface area contributed by atoms with E-state index < -0.39 is 54.0 Å². The smallest absolute Gasteiger partial charge is 0.335 e. The molecule has 0 saturated carbocycles. The molecule has 3 aromatic carbocycles. The molecule has 2 aliphatic rings. The summed E-state index contributed by atoms with van der Waals surface area (Å²) in [5.74, 6) is -3.19. The Balaban J connectivity index is 1.65. The summed E-state index contributed by atoms with van der Waals surface area (Å²) >= 11 is 0. The van der Waals surface area contributed by atoms with E-state index in [2.05, 4.69) is 0 Å². The minimum atomic E-state index is -1.92. The Labute approximate surface area is 209 Å². The number of aryl methyl sites for hydroxylation is 1. The van der Waals surface area contributed by atoms with E-state index in [1.54, 1.807) is 31.2 Å². The van der Waals surface area contributed by atoms with Crippen molar-refractivity contribution in [2.45, 2.75) is 37.6 Å². The van der Waals surface area contributed by atoms with Gasteiger partial charge in [0.15, 0.2) is 29.2 Å². The maximum atomic E-state index is 13.6. The lowest BCUT2D eigenvalue weighted by Crippen LogP contribution is -2.61. The van der Waals surface area contributed by atoms with Gasteiger partial charge in [-0.05, 0) is 36.1 Å². The van der Waals surface area contributed by atoms with Crippen LogP contribution in [-0.2, 0) is 9.53 Å². The summed E-state index contributed by atoms with van der Waals surface area (Å²) in [6, 6.07) is 9.22. The van der Waals surface area contributed by atoms with Gasteiger partial charge in [0.05, 0.1) is 12.7 Å². The number of benzene rings is 3. The summed E-state index contributed by atoms with van der Waals surface area (Å²) < 4.78 is 16.1. The van der Waals surface area contributed by atoms with E-state index in [0.717, 1.165) is 0 Å². The molecule has 1 aliphatic carbocycles. The molecular weight excluding hydrogens is 488 g/mol. The molecule has 1 aliphatic heterocycles. The lowest BCUT2D eigenvalue weighted by Gasteiger charge is -2.38. The molecule has 192 valence electrons. The molecule has 1 saturated heterocycles. The van der Waals surface area contributed by atoms with Crippen LogP contribution in [0, 0.1) is 6.92 Å². The number of methoxy groups -OCH3 is 1. The molecule has 1 heterocycles. The molecule has 0 unspecified atom stereocenters. The number of carboxylic acids is 1. The number of aliphatic carboxylic acids is 1. The number of carbonyl (C=O) groups excluding carboxylic acids is 2. The highest BCUT2D eigenvalue weighted by atomic mass is 16.7. The van der Waals surface area contributed by atoms with Crippen LogP contribution in [0.1, 0.15) is 37.4 Å². The maximum Gasteiger partial charge on any atom is 0.335 e. The second kappa shape index (κ2) is 8.82. The predicted octanol–water partition coefficient (Wildman–Crippen LogP) is 0.909. The van der Waals surface area contributed by atoms with E-state index in [0.29, 0.717) is 10.9 Å². The van der Waals surface area contributed by atoms with Crippen molar-refractivity contribution in [2.24, 2.45) is 0 Å². The number of hydrogen-bond donors (Lipinski definition) is 5. The molecular formula is C26H22O11. The summed E-state index contributed by atoms with van der Waals surface area (Å²) in [5.41, 5.74) is 0.507. The summed E-state index contributed by atoms with van der Waals surface area (Å²) in [6.07, 6.45) is -9.41. The second-order valence-corrected chi connectivity index (χ2v) is 8.85. The Morgan fingerprint density at radius 3 is 2.30 bits per heavy atom. The number of ketones is 2. The summed E-state index contributed by atoms with van der Waals surface area (Å²) in [7, 11) is 1.38. The first-order valence-corrected chi connectivity index (χ1v) is 11.2. The van der Waals surface area contributed by atoms with E-state index >= 15 is 0 Å². The van der Waals surface area contributed by atoms with Crippen molar-refractivity contribution in [3.05, 3.63) is 64.2 Å². The van der Waals surface area contributed by atoms with E-state index in [4.69, 9.17) is 14.2 Å². The van der Waals surface area contributed by atoms with Crippen LogP contribution in [0.15, 0.2) is 36.4 Å². The van der Waals surface area contributed by atoms with Gasteiger partial charge in [-0.1, -0.05) is 18.2 Å². The Morgan fingerprint density at radius 2 is 1.62 bits per heavy atom. The van der Waals surface area contributed by atoms with Crippen molar-refractivity contribution in [1.29, 1.82) is 0 Å². The monoisotopic (exact) mass is 510 g/mol. The lowest BCUT2D eigenvalue weighted by atomic mass is 9.80. The van der Waals surface area contributed by atoms with Gasteiger partial charge in [0.2, 0.25) is 6.29 Å². The number of aliphatic hydroxyl groups is 3. The van der Waals surface area contributed by atoms with Crippen LogP contribution in [-0.4, -0.2) is 80.9 Å². The number of aromatic hydroxyl groups is 1. The zero-order valence-electron chi connectivity index (χ0n) is 19.5. The molecule has 5 N–H and O–H groups in total. The van der Waals surface area contributed by atoms with Crippen LogP contribution in [0.4, 0.5) is 0 Å². The number of carbonyl (C=O) groups is 3. The van der Waals surface area contributed by atoms with Gasteiger partial charge in [-0.15, -0.1) is 0 Å². The highest BCUT2D eigenvalue weighted by molar-refractivity contribution is 6.33. The van der Waals surface area contributed by atoms with Crippen molar-refractivity contribution >= 4 is 28.3 Å². The fourth-order valence-electron chi connectivity index (χ4n) is 4.83. The average Bonchev–Trinajstić information content (AvgIpc) is 2.88. The first kappa shape index (κ1) is 24.7. The molecule has 3 aromatic rings. The molecule has 0 bridgehead atoms. The summed E-state index contributed by atoms with van der Waals surface area (Å²) in [6.45, 7) is 1.55. The van der Waals surface area contributed by atoms with Crippen LogP contribution in [0.5, 0.6) is 17.2 Å². The summed E-state index contributed by atoms with van der Waals surface area (Å²) in [5, 5.41) is 51.3. The molecule has 1 fully saturated rings.